The van der Waals surface area contributed by atoms with E-state index < -0.39 is 231 Å². The van der Waals surface area contributed by atoms with Crippen molar-refractivity contribution < 1.29 is 144 Å². The third kappa shape index (κ3) is 13.1. The van der Waals surface area contributed by atoms with Gasteiger partial charge in [0, 0.05) is 23.7 Å². The Labute approximate surface area is 516 Å². The molecule has 8 fully saturated rings. The molecule has 33 atom stereocenters. The highest BCUT2D eigenvalue weighted by molar-refractivity contribution is 5.88. The molecule has 3 saturated carbocycles. The summed E-state index contributed by atoms with van der Waals surface area (Å²) in [5, 5.41) is 194. The smallest absolute Gasteiger partial charge is 0.187 e. The maximum atomic E-state index is 15.4. The van der Waals surface area contributed by atoms with Crippen molar-refractivity contribution >= 4 is 5.78 Å². The SMILES string of the molecule is CC(C)(O)[C@@H](CC[C@](C)(O)[C@H]1CC[C@@]2(C)[C@@H]3CC=C4[C@@H](CC[C@H](O[C@@H]5O[C@H](CO[C@@H]6O[C@H](CO)C[C@H](O)[C@H]6O)[C@@H](O)[C@H](O)[C@H]5O[C@@H]5O[C@H](CO)[C@@H](O)[C@H](O)[C@H]5O)C4(C)C)[C@]3(C)C(=O)C[C@]12C)O[C@@H]1O[C@H](CO[C@@H]2O[C@H](CO)[C@@H](O)[C@H](O)[C@H]2O)[C@@H](O)[C@H](O)[C@H]1O. The van der Waals surface area contributed by atoms with E-state index in [0.29, 0.717) is 32.1 Å². The van der Waals surface area contributed by atoms with Gasteiger partial charge in [-0.25, -0.2) is 0 Å². The number of ether oxygens (including phenoxy) is 10. The van der Waals surface area contributed by atoms with Crippen LogP contribution in [0.5, 0.6) is 0 Å². The van der Waals surface area contributed by atoms with Gasteiger partial charge in [0.15, 0.2) is 31.5 Å². The molecule has 18 N–H and O–H groups in total. The molecule has 0 radical (unpaired) electrons. The number of aliphatic hydroxyl groups is 18. The monoisotopic (exact) mass is 1280 g/mol. The van der Waals surface area contributed by atoms with E-state index in [4.69, 9.17) is 47.4 Å². The van der Waals surface area contributed by atoms with Gasteiger partial charge in [-0.2, -0.15) is 0 Å². The fraction of sp³-hybridized carbons (Fsp3) is 0.950. The summed E-state index contributed by atoms with van der Waals surface area (Å²) in [6, 6.07) is 0. The van der Waals surface area contributed by atoms with Gasteiger partial charge in [0.1, 0.15) is 110 Å². The zero-order chi connectivity index (χ0) is 65.6. The van der Waals surface area contributed by atoms with Crippen LogP contribution in [0.3, 0.4) is 0 Å². The molecule has 0 aromatic rings. The Morgan fingerprint density at radius 1 is 0.573 bits per heavy atom. The third-order valence-corrected chi connectivity index (χ3v) is 22.5. The number of rotatable bonds is 20. The predicted molar refractivity (Wildman–Crippen MR) is 299 cm³/mol. The first-order valence-electron chi connectivity index (χ1n) is 31.3. The summed E-state index contributed by atoms with van der Waals surface area (Å²) in [5.41, 5.74) is -5.19. The Kier molecular flexibility index (Phi) is 21.8. The van der Waals surface area contributed by atoms with E-state index in [0.717, 1.165) is 5.57 Å². The molecule has 0 bridgehead atoms. The zero-order valence-corrected chi connectivity index (χ0v) is 51.8. The average Bonchev–Trinajstić information content (AvgIpc) is 1.66. The van der Waals surface area contributed by atoms with Crippen LogP contribution < -0.4 is 0 Å². The standard InChI is InChI=1S/C60H100O29/c1-55(2)25-9-11-33-57(5)15-13-32(59(7,79)16-14-36(56(3,4)78)88-52-47(76)44(73)40(69)30(85-52)22-81-51-46(75)42(71)38(67)28(20-62)83-51)58(57,6)18-34(65)60(33,8)26(25)10-12-35(55)87-54-49(89-53-48(77)43(72)39(68)29(21-63)84-53)45(74)41(70)31(86-54)23-80-50-37(66)27(64)17-24(19-61)82-50/h9,24,26-33,35-54,61-64,66-79H,10-23H2,1-8H3/t24-,26+,27-,28+,29+,30+,31+,32-,33-,35-,36+,37+,38+,39+,40+,41+,42-,43-,44-,45-,46+,47+,48+,49+,50+,51+,52-,53-,54-,57-,58+,59-,60-/m0/s1. The quantitative estimate of drug-likeness (QED) is 0.0507. The number of hydrogen-bond acceptors (Lipinski definition) is 29. The third-order valence-electron chi connectivity index (χ3n) is 22.5. The van der Waals surface area contributed by atoms with Crippen LogP contribution in [-0.4, -0.2) is 302 Å². The van der Waals surface area contributed by atoms with Gasteiger partial charge >= 0.3 is 0 Å². The van der Waals surface area contributed by atoms with E-state index in [2.05, 4.69) is 19.9 Å². The lowest BCUT2D eigenvalue weighted by Gasteiger charge is -2.65. The summed E-state index contributed by atoms with van der Waals surface area (Å²) in [6.45, 7) is 11.7. The van der Waals surface area contributed by atoms with Crippen molar-refractivity contribution in [3.8, 4) is 0 Å². The van der Waals surface area contributed by atoms with Crippen molar-refractivity contribution in [3.05, 3.63) is 11.6 Å². The molecule has 5 aliphatic heterocycles. The first-order valence-corrected chi connectivity index (χ1v) is 31.3. The topological polar surface area (TPSA) is 474 Å². The number of allylic oxidation sites excluding steroid dienone is 1. The van der Waals surface area contributed by atoms with Crippen molar-refractivity contribution in [2.75, 3.05) is 33.0 Å². The predicted octanol–water partition coefficient (Wildman–Crippen LogP) is -5.06. The molecule has 0 amide bonds. The maximum absolute atomic E-state index is 15.4. The molecule has 4 aliphatic carbocycles. The average molecular weight is 1290 g/mol. The highest BCUT2D eigenvalue weighted by Gasteiger charge is 2.72. The second kappa shape index (κ2) is 27.1. The molecule has 0 spiro atoms. The summed E-state index contributed by atoms with van der Waals surface area (Å²) < 4.78 is 59.4. The largest absolute Gasteiger partial charge is 0.394 e. The van der Waals surface area contributed by atoms with E-state index in [9.17, 15) is 91.9 Å². The van der Waals surface area contributed by atoms with Crippen LogP contribution in [0.2, 0.25) is 0 Å². The van der Waals surface area contributed by atoms with Crippen molar-refractivity contribution in [1.82, 2.24) is 0 Å². The Hall–Kier alpha value is -1.71. The second-order valence-corrected chi connectivity index (χ2v) is 28.7. The molecule has 9 rings (SSSR count). The molecule has 9 aliphatic rings. The summed E-state index contributed by atoms with van der Waals surface area (Å²) in [6.07, 6.45) is -36.3. The van der Waals surface area contributed by atoms with E-state index in [1.807, 2.05) is 20.8 Å². The minimum absolute atomic E-state index is 0.0183. The van der Waals surface area contributed by atoms with E-state index >= 15 is 4.79 Å². The van der Waals surface area contributed by atoms with Crippen LogP contribution in [0.4, 0.5) is 0 Å². The second-order valence-electron chi connectivity index (χ2n) is 28.7. The Morgan fingerprint density at radius 3 is 1.66 bits per heavy atom. The van der Waals surface area contributed by atoms with Gasteiger partial charge in [0.25, 0.3) is 0 Å². The van der Waals surface area contributed by atoms with Crippen molar-refractivity contribution in [2.24, 2.45) is 39.4 Å². The van der Waals surface area contributed by atoms with E-state index in [1.54, 1.807) is 6.92 Å². The van der Waals surface area contributed by atoms with Crippen LogP contribution in [0.15, 0.2) is 11.6 Å². The van der Waals surface area contributed by atoms with Crippen molar-refractivity contribution in [2.45, 2.75) is 284 Å². The Bertz CT molecular complexity index is 2410. The van der Waals surface area contributed by atoms with Crippen LogP contribution >= 0.6 is 0 Å². The lowest BCUT2D eigenvalue weighted by atomic mass is 9.38. The van der Waals surface area contributed by atoms with Crippen molar-refractivity contribution in [1.29, 1.82) is 0 Å². The fourth-order valence-corrected chi connectivity index (χ4v) is 16.7. The van der Waals surface area contributed by atoms with Gasteiger partial charge in [-0.1, -0.05) is 46.3 Å². The summed E-state index contributed by atoms with van der Waals surface area (Å²) in [4.78, 5) is 15.4. The summed E-state index contributed by atoms with van der Waals surface area (Å²) in [5.74, 6) is -0.902. The van der Waals surface area contributed by atoms with Crippen LogP contribution in [0.1, 0.15) is 113 Å². The molecular formula is C60H100O29. The van der Waals surface area contributed by atoms with Gasteiger partial charge in [0.2, 0.25) is 0 Å². The minimum atomic E-state index is -1.92. The fourth-order valence-electron chi connectivity index (χ4n) is 16.7. The van der Waals surface area contributed by atoms with Gasteiger partial charge in [-0.05, 0) is 94.3 Å². The summed E-state index contributed by atoms with van der Waals surface area (Å²) >= 11 is 0. The molecule has 29 nitrogen and oxygen atoms in total. The number of hydrogen-bond donors (Lipinski definition) is 18. The van der Waals surface area contributed by atoms with Gasteiger partial charge in [-0.15, -0.1) is 0 Å². The lowest BCUT2D eigenvalue weighted by Crippen LogP contribution is -2.66. The summed E-state index contributed by atoms with van der Waals surface area (Å²) in [7, 11) is 0. The van der Waals surface area contributed by atoms with Crippen LogP contribution in [0, 0.1) is 39.4 Å². The molecule has 0 unspecified atom stereocenters. The van der Waals surface area contributed by atoms with E-state index in [-0.39, 0.29) is 43.3 Å². The number of Topliss-reactive ketones (excluding diaryl/α,β-unsaturated/α-hetero) is 1. The van der Waals surface area contributed by atoms with Gasteiger partial charge in [0.05, 0.1) is 68.7 Å². The number of carbonyl (C=O) groups is 1. The van der Waals surface area contributed by atoms with Crippen LogP contribution in [0.25, 0.3) is 0 Å². The van der Waals surface area contributed by atoms with E-state index in [1.165, 1.54) is 13.8 Å². The Balaban J connectivity index is 0.898. The molecule has 89 heavy (non-hydrogen) atoms. The molecule has 0 aromatic carbocycles. The minimum Gasteiger partial charge on any atom is -0.394 e. The molecule has 29 heteroatoms. The zero-order valence-electron chi connectivity index (χ0n) is 51.8. The first kappa shape index (κ1) is 71.6. The molecule has 0 aromatic heterocycles. The Morgan fingerprint density at radius 2 is 1.09 bits per heavy atom. The number of carbonyl (C=O) groups excluding carboxylic acids is 1. The van der Waals surface area contributed by atoms with Crippen LogP contribution in [-0.2, 0) is 52.2 Å². The highest BCUT2D eigenvalue weighted by atomic mass is 16.8. The molecule has 5 heterocycles. The van der Waals surface area contributed by atoms with Gasteiger partial charge in [-0.3, -0.25) is 4.79 Å². The lowest BCUT2D eigenvalue weighted by molar-refractivity contribution is -0.378. The molecule has 514 valence electrons. The molecule has 5 saturated heterocycles. The first-order chi connectivity index (χ1) is 41.5. The molecular weight excluding hydrogens is 1180 g/mol. The number of fused-ring (bicyclic) bond motifs is 5. The maximum Gasteiger partial charge on any atom is 0.187 e. The number of aliphatic hydroxyl groups excluding tert-OH is 16. The van der Waals surface area contributed by atoms with Gasteiger partial charge < -0.3 is 139 Å². The highest BCUT2D eigenvalue weighted by Crippen LogP contribution is 2.74. The normalized spacial score (nSPS) is 50.5. The van der Waals surface area contributed by atoms with Crippen molar-refractivity contribution in [3.63, 3.8) is 0 Å². The number of ketones is 1.